The van der Waals surface area contributed by atoms with E-state index in [4.69, 9.17) is 4.74 Å². The molecule has 1 aliphatic heterocycles. The van der Waals surface area contributed by atoms with Gasteiger partial charge in [-0.25, -0.2) is 4.98 Å². The summed E-state index contributed by atoms with van der Waals surface area (Å²) in [5.41, 5.74) is 0. The van der Waals surface area contributed by atoms with Gasteiger partial charge in [0, 0.05) is 12.6 Å². The predicted octanol–water partition coefficient (Wildman–Crippen LogP) is 1.94. The molecule has 5 heteroatoms. The first-order chi connectivity index (χ1) is 9.17. The number of aromatic nitrogens is 2. The number of ether oxygens (including phenoxy) is 1. The number of hydrogen-bond acceptors (Lipinski definition) is 5. The minimum atomic E-state index is 0.630. The Labute approximate surface area is 115 Å². The maximum Gasteiger partial charge on any atom is 0.218 e. The van der Waals surface area contributed by atoms with Crippen LogP contribution in [-0.4, -0.2) is 48.2 Å². The summed E-state index contributed by atoms with van der Waals surface area (Å²) in [5.74, 6) is 3.01. The van der Waals surface area contributed by atoms with Crippen LogP contribution in [0.25, 0.3) is 0 Å². The second-order valence-electron chi connectivity index (χ2n) is 5.20. The van der Waals surface area contributed by atoms with Crippen molar-refractivity contribution in [2.75, 3.05) is 38.6 Å². The molecule has 2 heterocycles. The molecule has 2 rings (SSSR count). The van der Waals surface area contributed by atoms with E-state index in [0.717, 1.165) is 24.1 Å². The molecule has 1 aliphatic rings. The number of hydrogen-bond donors (Lipinski definition) is 1. The monoisotopic (exact) mass is 264 g/mol. The zero-order valence-corrected chi connectivity index (χ0v) is 12.1. The Balaban J connectivity index is 1.88. The Bertz CT molecular complexity index is 402. The SMILES string of the molecule is CCOc1cc(NCC2CCN(C)CC2)nc(C)n1. The van der Waals surface area contributed by atoms with E-state index in [-0.39, 0.29) is 0 Å². The third kappa shape index (κ3) is 4.35. The highest BCUT2D eigenvalue weighted by atomic mass is 16.5. The zero-order chi connectivity index (χ0) is 13.7. The largest absolute Gasteiger partial charge is 0.478 e. The number of nitrogens with one attached hydrogen (secondary N) is 1. The molecule has 0 amide bonds. The summed E-state index contributed by atoms with van der Waals surface area (Å²) >= 11 is 0. The summed E-state index contributed by atoms with van der Waals surface area (Å²) in [6.45, 7) is 7.85. The van der Waals surface area contributed by atoms with Crippen LogP contribution < -0.4 is 10.1 Å². The Kier molecular flexibility index (Phi) is 4.96. The maximum atomic E-state index is 5.44. The van der Waals surface area contributed by atoms with Gasteiger partial charge in [-0.2, -0.15) is 4.98 Å². The molecular formula is C14H24N4O. The summed E-state index contributed by atoms with van der Waals surface area (Å²) in [4.78, 5) is 11.0. The summed E-state index contributed by atoms with van der Waals surface area (Å²) in [7, 11) is 2.19. The van der Waals surface area contributed by atoms with E-state index in [0.29, 0.717) is 12.5 Å². The Morgan fingerprint density at radius 1 is 1.37 bits per heavy atom. The number of likely N-dealkylation sites (tertiary alicyclic amines) is 1. The van der Waals surface area contributed by atoms with E-state index in [2.05, 4.69) is 27.2 Å². The summed E-state index contributed by atoms with van der Waals surface area (Å²) in [6, 6.07) is 1.88. The molecule has 0 aromatic carbocycles. The van der Waals surface area contributed by atoms with Crippen molar-refractivity contribution in [1.29, 1.82) is 0 Å². The van der Waals surface area contributed by atoms with Crippen LogP contribution in [0.15, 0.2) is 6.07 Å². The van der Waals surface area contributed by atoms with Gasteiger partial charge in [0.25, 0.3) is 0 Å². The lowest BCUT2D eigenvalue weighted by atomic mass is 9.97. The minimum Gasteiger partial charge on any atom is -0.478 e. The second-order valence-corrected chi connectivity index (χ2v) is 5.20. The lowest BCUT2D eigenvalue weighted by Crippen LogP contribution is -2.33. The van der Waals surface area contributed by atoms with Crippen molar-refractivity contribution in [2.24, 2.45) is 5.92 Å². The number of anilines is 1. The van der Waals surface area contributed by atoms with Gasteiger partial charge in [-0.15, -0.1) is 0 Å². The molecule has 106 valence electrons. The molecule has 1 aromatic heterocycles. The number of nitrogens with zero attached hydrogens (tertiary/aromatic N) is 3. The first-order valence-corrected chi connectivity index (χ1v) is 7.08. The smallest absolute Gasteiger partial charge is 0.218 e. The number of rotatable bonds is 5. The van der Waals surface area contributed by atoms with Crippen LogP contribution in [0, 0.1) is 12.8 Å². The van der Waals surface area contributed by atoms with E-state index in [9.17, 15) is 0 Å². The quantitative estimate of drug-likeness (QED) is 0.880. The van der Waals surface area contributed by atoms with Gasteiger partial charge < -0.3 is 15.0 Å². The van der Waals surface area contributed by atoms with Crippen LogP contribution in [0.2, 0.25) is 0 Å². The summed E-state index contributed by atoms with van der Waals surface area (Å²) in [6.07, 6.45) is 2.51. The third-order valence-corrected chi connectivity index (χ3v) is 3.52. The summed E-state index contributed by atoms with van der Waals surface area (Å²) < 4.78 is 5.44. The molecule has 0 bridgehead atoms. The van der Waals surface area contributed by atoms with Gasteiger partial charge in [-0.3, -0.25) is 0 Å². The molecule has 0 radical (unpaired) electrons. The van der Waals surface area contributed by atoms with E-state index in [1.165, 1.54) is 25.9 Å². The van der Waals surface area contributed by atoms with E-state index >= 15 is 0 Å². The van der Waals surface area contributed by atoms with Gasteiger partial charge in [0.15, 0.2) is 0 Å². The lowest BCUT2D eigenvalue weighted by Gasteiger charge is -2.29. The van der Waals surface area contributed by atoms with Crippen molar-refractivity contribution in [2.45, 2.75) is 26.7 Å². The van der Waals surface area contributed by atoms with Crippen LogP contribution in [-0.2, 0) is 0 Å². The molecule has 0 aliphatic carbocycles. The van der Waals surface area contributed by atoms with E-state index < -0.39 is 0 Å². The molecule has 19 heavy (non-hydrogen) atoms. The molecule has 1 N–H and O–H groups in total. The topological polar surface area (TPSA) is 50.3 Å². The fraction of sp³-hybridized carbons (Fsp3) is 0.714. The molecule has 0 atom stereocenters. The van der Waals surface area contributed by atoms with Crippen molar-refractivity contribution in [3.8, 4) is 5.88 Å². The van der Waals surface area contributed by atoms with E-state index in [1.807, 2.05) is 19.9 Å². The molecule has 0 unspecified atom stereocenters. The van der Waals surface area contributed by atoms with Crippen molar-refractivity contribution in [3.05, 3.63) is 11.9 Å². The van der Waals surface area contributed by atoms with Crippen LogP contribution in [0.5, 0.6) is 5.88 Å². The second kappa shape index (κ2) is 6.70. The first-order valence-electron chi connectivity index (χ1n) is 7.08. The van der Waals surface area contributed by atoms with Crippen molar-refractivity contribution in [1.82, 2.24) is 14.9 Å². The third-order valence-electron chi connectivity index (χ3n) is 3.52. The Morgan fingerprint density at radius 3 is 2.79 bits per heavy atom. The molecule has 0 spiro atoms. The minimum absolute atomic E-state index is 0.630. The van der Waals surface area contributed by atoms with Crippen LogP contribution >= 0.6 is 0 Å². The highest BCUT2D eigenvalue weighted by Gasteiger charge is 2.16. The Morgan fingerprint density at radius 2 is 2.11 bits per heavy atom. The van der Waals surface area contributed by atoms with Crippen LogP contribution in [0.3, 0.4) is 0 Å². The lowest BCUT2D eigenvalue weighted by molar-refractivity contribution is 0.226. The van der Waals surface area contributed by atoms with Gasteiger partial charge in [0.1, 0.15) is 11.6 Å². The van der Waals surface area contributed by atoms with Gasteiger partial charge in [0.05, 0.1) is 6.61 Å². The zero-order valence-electron chi connectivity index (χ0n) is 12.1. The van der Waals surface area contributed by atoms with Crippen molar-refractivity contribution >= 4 is 5.82 Å². The highest BCUT2D eigenvalue weighted by Crippen LogP contribution is 2.18. The molecular weight excluding hydrogens is 240 g/mol. The fourth-order valence-electron chi connectivity index (χ4n) is 2.37. The maximum absolute atomic E-state index is 5.44. The number of piperidine rings is 1. The van der Waals surface area contributed by atoms with Crippen molar-refractivity contribution in [3.63, 3.8) is 0 Å². The standard InChI is InChI=1S/C14H24N4O/c1-4-19-14-9-13(16-11(2)17-14)15-10-12-5-7-18(3)8-6-12/h9,12H,4-8,10H2,1-3H3,(H,15,16,17). The summed E-state index contributed by atoms with van der Waals surface area (Å²) in [5, 5.41) is 3.42. The fourth-order valence-corrected chi connectivity index (χ4v) is 2.37. The van der Waals surface area contributed by atoms with E-state index in [1.54, 1.807) is 0 Å². The highest BCUT2D eigenvalue weighted by molar-refractivity contribution is 5.38. The molecule has 1 fully saturated rings. The number of aryl methyl sites for hydroxylation is 1. The van der Waals surface area contributed by atoms with Gasteiger partial charge in [-0.1, -0.05) is 0 Å². The van der Waals surface area contributed by atoms with Gasteiger partial charge in [0.2, 0.25) is 5.88 Å². The first kappa shape index (κ1) is 14.1. The van der Waals surface area contributed by atoms with Gasteiger partial charge in [-0.05, 0) is 52.7 Å². The molecule has 1 aromatic rings. The molecule has 0 saturated carbocycles. The molecule has 1 saturated heterocycles. The normalized spacial score (nSPS) is 17.4. The molecule has 5 nitrogen and oxygen atoms in total. The average molecular weight is 264 g/mol. The van der Waals surface area contributed by atoms with Crippen LogP contribution in [0.4, 0.5) is 5.82 Å². The predicted molar refractivity (Wildman–Crippen MR) is 76.6 cm³/mol. The van der Waals surface area contributed by atoms with Crippen molar-refractivity contribution < 1.29 is 4.74 Å². The van der Waals surface area contributed by atoms with Gasteiger partial charge >= 0.3 is 0 Å². The Hall–Kier alpha value is -1.36. The van der Waals surface area contributed by atoms with Crippen LogP contribution in [0.1, 0.15) is 25.6 Å². The average Bonchev–Trinajstić information content (AvgIpc) is 2.38.